The molecular weight excluding hydrogens is 352 g/mol. The third-order valence-corrected chi connectivity index (χ3v) is 6.21. The van der Waals surface area contributed by atoms with Crippen LogP contribution in [0.4, 0.5) is 5.82 Å². The molecule has 2 saturated heterocycles. The van der Waals surface area contributed by atoms with Crippen LogP contribution in [-0.4, -0.2) is 45.7 Å². The Morgan fingerprint density at radius 2 is 1.79 bits per heavy atom. The van der Waals surface area contributed by atoms with Gasteiger partial charge in [0.2, 0.25) is 0 Å². The van der Waals surface area contributed by atoms with Crippen molar-refractivity contribution < 1.29 is 0 Å². The Morgan fingerprint density at radius 3 is 2.61 bits per heavy atom. The second kappa shape index (κ2) is 7.39. The predicted octanol–water partition coefficient (Wildman–Crippen LogP) is 2.43. The van der Waals surface area contributed by atoms with E-state index in [1.807, 2.05) is 28.8 Å². The van der Waals surface area contributed by atoms with Crippen molar-refractivity contribution in [3.63, 3.8) is 0 Å². The van der Waals surface area contributed by atoms with Crippen molar-refractivity contribution in [2.45, 2.75) is 37.6 Å². The summed E-state index contributed by atoms with van der Waals surface area (Å²) in [5.74, 6) is 1.55. The molecule has 0 saturated carbocycles. The van der Waals surface area contributed by atoms with E-state index in [9.17, 15) is 4.79 Å². The van der Waals surface area contributed by atoms with Crippen LogP contribution in [-0.2, 0) is 0 Å². The van der Waals surface area contributed by atoms with Gasteiger partial charge in [-0.3, -0.25) is 4.57 Å². The highest BCUT2D eigenvalue weighted by atomic mass is 16.1. The van der Waals surface area contributed by atoms with Gasteiger partial charge in [0.25, 0.3) is 0 Å². The monoisotopic (exact) mass is 378 g/mol. The van der Waals surface area contributed by atoms with Crippen LogP contribution in [0.3, 0.4) is 0 Å². The summed E-state index contributed by atoms with van der Waals surface area (Å²) in [6.45, 7) is 3.93. The number of nitrogens with one attached hydrogen (secondary N) is 2. The number of hydrogen-bond acceptors (Lipinski definition) is 5. The van der Waals surface area contributed by atoms with Crippen molar-refractivity contribution in [3.8, 4) is 0 Å². The maximum atomic E-state index is 12.5. The van der Waals surface area contributed by atoms with Crippen molar-refractivity contribution in [2.75, 3.05) is 31.1 Å². The van der Waals surface area contributed by atoms with Gasteiger partial charge in [-0.1, -0.05) is 12.1 Å². The molecule has 0 unspecified atom stereocenters. The molecule has 1 aromatic carbocycles. The number of fused-ring (bicyclic) bond motifs is 1. The van der Waals surface area contributed by atoms with Crippen molar-refractivity contribution in [3.05, 3.63) is 52.8 Å². The number of nitrogens with zero attached hydrogens (tertiary/aromatic N) is 4. The minimum atomic E-state index is -0.00474. The summed E-state index contributed by atoms with van der Waals surface area (Å²) < 4.78 is 1.94. The number of rotatable bonds is 3. The van der Waals surface area contributed by atoms with Crippen LogP contribution in [0.25, 0.3) is 11.0 Å². The number of aromatic nitrogens is 4. The van der Waals surface area contributed by atoms with Gasteiger partial charge in [-0.2, -0.15) is 0 Å². The van der Waals surface area contributed by atoms with Gasteiger partial charge in [0, 0.05) is 36.8 Å². The van der Waals surface area contributed by atoms with E-state index in [4.69, 9.17) is 0 Å². The van der Waals surface area contributed by atoms with Crippen molar-refractivity contribution in [2.24, 2.45) is 0 Å². The highest BCUT2D eigenvalue weighted by molar-refractivity contribution is 5.75. The van der Waals surface area contributed by atoms with Crippen LogP contribution in [0.15, 0.2) is 41.5 Å². The van der Waals surface area contributed by atoms with E-state index in [1.54, 1.807) is 6.33 Å². The topological polar surface area (TPSA) is 78.8 Å². The highest BCUT2D eigenvalue weighted by Gasteiger charge is 2.25. The normalized spacial score (nSPS) is 19.4. The van der Waals surface area contributed by atoms with Gasteiger partial charge in [0.15, 0.2) is 0 Å². The highest BCUT2D eigenvalue weighted by Crippen LogP contribution is 2.29. The summed E-state index contributed by atoms with van der Waals surface area (Å²) in [6, 6.07) is 10.3. The Labute approximate surface area is 163 Å². The Balaban J connectivity index is 1.32. The number of benzene rings is 1. The third kappa shape index (κ3) is 3.20. The Bertz CT molecular complexity index is 1010. The van der Waals surface area contributed by atoms with E-state index in [1.165, 1.54) is 5.69 Å². The minimum Gasteiger partial charge on any atom is -0.356 e. The van der Waals surface area contributed by atoms with Crippen molar-refractivity contribution >= 4 is 16.9 Å². The van der Waals surface area contributed by atoms with E-state index >= 15 is 0 Å². The molecule has 0 radical (unpaired) electrons. The molecule has 2 aliphatic heterocycles. The molecular formula is C21H26N6O. The van der Waals surface area contributed by atoms with Gasteiger partial charge in [0.1, 0.15) is 12.1 Å². The number of piperidine rings is 2. The zero-order chi connectivity index (χ0) is 18.9. The third-order valence-electron chi connectivity index (χ3n) is 6.21. The average molecular weight is 378 g/mol. The molecule has 0 atom stereocenters. The predicted molar refractivity (Wildman–Crippen MR) is 110 cm³/mol. The van der Waals surface area contributed by atoms with E-state index < -0.39 is 0 Å². The van der Waals surface area contributed by atoms with Crippen molar-refractivity contribution in [1.82, 2.24) is 24.8 Å². The Kier molecular flexibility index (Phi) is 4.60. The van der Waals surface area contributed by atoms with Crippen LogP contribution in [0, 0.1) is 0 Å². The smallest absolute Gasteiger partial charge is 0.326 e. The molecule has 2 aromatic heterocycles. The summed E-state index contributed by atoms with van der Waals surface area (Å²) in [5, 5.41) is 3.41. The lowest BCUT2D eigenvalue weighted by molar-refractivity contribution is 0.395. The molecule has 0 amide bonds. The quantitative estimate of drug-likeness (QED) is 0.732. The fourth-order valence-electron chi connectivity index (χ4n) is 4.67. The second-order valence-corrected chi connectivity index (χ2v) is 7.86. The Morgan fingerprint density at radius 1 is 1.00 bits per heavy atom. The van der Waals surface area contributed by atoms with Gasteiger partial charge in [-0.05, 0) is 50.9 Å². The molecule has 7 heteroatoms. The maximum Gasteiger partial charge on any atom is 0.326 e. The molecule has 0 bridgehead atoms. The van der Waals surface area contributed by atoms with E-state index in [0.29, 0.717) is 5.92 Å². The lowest BCUT2D eigenvalue weighted by atomic mass is 9.94. The molecule has 2 aliphatic rings. The fraction of sp³-hybridized carbons (Fsp3) is 0.476. The summed E-state index contributed by atoms with van der Waals surface area (Å²) >= 11 is 0. The summed E-state index contributed by atoms with van der Waals surface area (Å²) in [4.78, 5) is 26.9. The SMILES string of the molecule is O=c1[nH]c2ccccc2n1C1CCN(c2cc(C3CCNCC3)ncn2)CC1. The molecule has 0 aliphatic carbocycles. The van der Waals surface area contributed by atoms with Crippen molar-refractivity contribution in [1.29, 1.82) is 0 Å². The van der Waals surface area contributed by atoms with Gasteiger partial charge in [-0.15, -0.1) is 0 Å². The van der Waals surface area contributed by atoms with Crippen LogP contribution < -0.4 is 15.9 Å². The van der Waals surface area contributed by atoms with E-state index in [-0.39, 0.29) is 11.7 Å². The van der Waals surface area contributed by atoms with Crippen LogP contribution >= 0.6 is 0 Å². The van der Waals surface area contributed by atoms with Gasteiger partial charge < -0.3 is 15.2 Å². The fourth-order valence-corrected chi connectivity index (χ4v) is 4.67. The Hall–Kier alpha value is -2.67. The van der Waals surface area contributed by atoms with E-state index in [0.717, 1.165) is 68.7 Å². The summed E-state index contributed by atoms with van der Waals surface area (Å²) in [7, 11) is 0. The molecule has 146 valence electrons. The van der Waals surface area contributed by atoms with Gasteiger partial charge in [0.05, 0.1) is 11.0 Å². The van der Waals surface area contributed by atoms with Crippen LogP contribution in [0.2, 0.25) is 0 Å². The summed E-state index contributed by atoms with van der Waals surface area (Å²) in [5.41, 5.74) is 3.08. The van der Waals surface area contributed by atoms with Crippen LogP contribution in [0.1, 0.15) is 43.3 Å². The number of aromatic amines is 1. The number of anilines is 1. The first-order valence-electron chi connectivity index (χ1n) is 10.3. The number of para-hydroxylation sites is 2. The molecule has 28 heavy (non-hydrogen) atoms. The molecule has 4 heterocycles. The standard InChI is InChI=1S/C21H26N6O/c28-21-25-17-3-1-2-4-19(17)27(21)16-7-11-26(12-8-16)20-13-18(23-14-24-20)15-5-9-22-10-6-15/h1-4,13-16,22H,5-12H2,(H,25,28). The average Bonchev–Trinajstić information content (AvgIpc) is 3.10. The molecule has 2 fully saturated rings. The first-order chi connectivity index (χ1) is 13.8. The molecule has 0 spiro atoms. The van der Waals surface area contributed by atoms with Gasteiger partial charge in [-0.25, -0.2) is 14.8 Å². The number of H-pyrrole nitrogens is 1. The van der Waals surface area contributed by atoms with E-state index in [2.05, 4.69) is 31.2 Å². The first kappa shape index (κ1) is 17.4. The van der Waals surface area contributed by atoms with Crippen LogP contribution in [0.5, 0.6) is 0 Å². The van der Waals surface area contributed by atoms with Gasteiger partial charge >= 0.3 is 5.69 Å². The zero-order valence-corrected chi connectivity index (χ0v) is 16.0. The number of hydrogen-bond donors (Lipinski definition) is 2. The molecule has 2 N–H and O–H groups in total. The minimum absolute atomic E-state index is 0.00474. The second-order valence-electron chi connectivity index (χ2n) is 7.86. The lowest BCUT2D eigenvalue weighted by Gasteiger charge is -2.33. The molecule has 7 nitrogen and oxygen atoms in total. The first-order valence-corrected chi connectivity index (χ1v) is 10.3. The molecule has 5 rings (SSSR count). The maximum absolute atomic E-state index is 12.5. The lowest BCUT2D eigenvalue weighted by Crippen LogP contribution is -2.37. The molecule has 3 aromatic rings. The largest absolute Gasteiger partial charge is 0.356 e. The summed E-state index contributed by atoms with van der Waals surface area (Å²) in [6.07, 6.45) is 5.87. The zero-order valence-electron chi connectivity index (χ0n) is 16.0. The number of imidazole rings is 1.